The standard InChI is InChI=1S/C22H18Br2ClN3O5/c23-17-9-15-16(10-18(17)24)22(31)27(21(15)30)26(11-13-4-1-2-7-19(13)25)20(29)12-5-3-6-14(8-12)28(32)33/h1-8,15-18H,9-11H2/t15-,16-,17-,18+/m1/s1. The summed E-state index contributed by atoms with van der Waals surface area (Å²) in [6.45, 7) is -0.145. The molecule has 0 spiro atoms. The van der Waals surface area contributed by atoms with Gasteiger partial charge >= 0.3 is 0 Å². The van der Waals surface area contributed by atoms with Crippen LogP contribution in [0.1, 0.15) is 28.8 Å². The molecule has 2 aromatic rings. The second kappa shape index (κ2) is 9.52. The molecule has 2 fully saturated rings. The molecule has 4 rings (SSSR count). The van der Waals surface area contributed by atoms with Gasteiger partial charge < -0.3 is 0 Å². The lowest BCUT2D eigenvalue weighted by Crippen LogP contribution is -2.49. The maximum atomic E-state index is 13.5. The number of imide groups is 1. The van der Waals surface area contributed by atoms with E-state index in [0.717, 1.165) is 16.1 Å². The number of benzene rings is 2. The molecule has 172 valence electrons. The highest BCUT2D eigenvalue weighted by molar-refractivity contribution is 9.12. The lowest BCUT2D eigenvalue weighted by atomic mass is 9.81. The number of carbonyl (C=O) groups is 3. The van der Waals surface area contributed by atoms with Crippen LogP contribution in [0.15, 0.2) is 48.5 Å². The van der Waals surface area contributed by atoms with Gasteiger partial charge in [0, 0.05) is 32.4 Å². The van der Waals surface area contributed by atoms with Crippen molar-refractivity contribution in [3.8, 4) is 0 Å². The highest BCUT2D eigenvalue weighted by Crippen LogP contribution is 2.44. The fourth-order valence-electron chi connectivity index (χ4n) is 4.24. The summed E-state index contributed by atoms with van der Waals surface area (Å²) in [7, 11) is 0. The van der Waals surface area contributed by atoms with Crippen molar-refractivity contribution in [2.75, 3.05) is 0 Å². The van der Waals surface area contributed by atoms with E-state index in [1.54, 1.807) is 24.3 Å². The minimum atomic E-state index is -0.704. The summed E-state index contributed by atoms with van der Waals surface area (Å²) < 4.78 is 0. The molecule has 1 heterocycles. The third-order valence-electron chi connectivity index (χ3n) is 5.95. The van der Waals surface area contributed by atoms with Crippen molar-refractivity contribution < 1.29 is 19.3 Å². The van der Waals surface area contributed by atoms with E-state index in [9.17, 15) is 24.5 Å². The molecule has 2 aliphatic rings. The Morgan fingerprint density at radius 2 is 1.67 bits per heavy atom. The molecule has 11 heteroatoms. The molecule has 1 saturated carbocycles. The van der Waals surface area contributed by atoms with Gasteiger partial charge in [-0.25, -0.2) is 5.01 Å². The Morgan fingerprint density at radius 3 is 2.24 bits per heavy atom. The number of amides is 3. The van der Waals surface area contributed by atoms with Crippen molar-refractivity contribution in [2.45, 2.75) is 29.0 Å². The van der Waals surface area contributed by atoms with E-state index in [4.69, 9.17) is 11.6 Å². The maximum Gasteiger partial charge on any atom is 0.273 e. The van der Waals surface area contributed by atoms with Gasteiger partial charge in [-0.1, -0.05) is 67.7 Å². The van der Waals surface area contributed by atoms with Crippen LogP contribution >= 0.6 is 43.5 Å². The molecule has 3 amide bonds. The first kappa shape index (κ1) is 23.8. The van der Waals surface area contributed by atoms with Crippen LogP contribution in [0.5, 0.6) is 0 Å². The quantitative estimate of drug-likeness (QED) is 0.214. The number of nitro groups is 1. The summed E-state index contributed by atoms with van der Waals surface area (Å²) in [5.74, 6) is -2.73. The molecule has 2 aromatic carbocycles. The van der Waals surface area contributed by atoms with Crippen molar-refractivity contribution in [2.24, 2.45) is 11.8 Å². The predicted molar refractivity (Wildman–Crippen MR) is 128 cm³/mol. The lowest BCUT2D eigenvalue weighted by molar-refractivity contribution is -0.384. The van der Waals surface area contributed by atoms with Gasteiger partial charge in [0.05, 0.1) is 23.3 Å². The second-order valence-corrected chi connectivity index (χ2v) is 10.7. The Morgan fingerprint density at radius 1 is 1.06 bits per heavy atom. The number of fused-ring (bicyclic) bond motifs is 1. The van der Waals surface area contributed by atoms with E-state index in [0.29, 0.717) is 23.4 Å². The number of nitrogens with zero attached hydrogens (tertiary/aromatic N) is 3. The highest BCUT2D eigenvalue weighted by atomic mass is 79.9. The van der Waals surface area contributed by atoms with Crippen molar-refractivity contribution in [1.82, 2.24) is 10.0 Å². The van der Waals surface area contributed by atoms with Crippen LogP contribution in [0.2, 0.25) is 5.02 Å². The van der Waals surface area contributed by atoms with Gasteiger partial charge in [-0.3, -0.25) is 24.5 Å². The zero-order chi connectivity index (χ0) is 23.9. The van der Waals surface area contributed by atoms with E-state index in [1.807, 2.05) is 0 Å². The molecular weight excluding hydrogens is 582 g/mol. The fourth-order valence-corrected chi connectivity index (χ4v) is 5.67. The topological polar surface area (TPSA) is 101 Å². The van der Waals surface area contributed by atoms with Gasteiger partial charge in [-0.15, -0.1) is 0 Å². The Balaban J connectivity index is 1.75. The molecule has 33 heavy (non-hydrogen) atoms. The van der Waals surface area contributed by atoms with Crippen LogP contribution in [0, 0.1) is 22.0 Å². The van der Waals surface area contributed by atoms with Gasteiger partial charge in [0.1, 0.15) is 0 Å². The van der Waals surface area contributed by atoms with Crippen LogP contribution in [-0.2, 0) is 16.1 Å². The first-order valence-electron chi connectivity index (χ1n) is 10.1. The van der Waals surface area contributed by atoms with Crippen LogP contribution in [-0.4, -0.2) is 42.3 Å². The fraction of sp³-hybridized carbons (Fsp3) is 0.318. The van der Waals surface area contributed by atoms with E-state index < -0.39 is 34.5 Å². The Labute approximate surface area is 211 Å². The third kappa shape index (κ3) is 4.56. The minimum Gasteiger partial charge on any atom is -0.272 e. The van der Waals surface area contributed by atoms with Gasteiger partial charge in [0.15, 0.2) is 0 Å². The number of nitro benzene ring substituents is 1. The summed E-state index contributed by atoms with van der Waals surface area (Å²) in [4.78, 5) is 50.9. The third-order valence-corrected chi connectivity index (χ3v) is 9.05. The molecular formula is C22H18Br2ClN3O5. The zero-order valence-electron chi connectivity index (χ0n) is 17.1. The molecule has 0 radical (unpaired) electrons. The second-order valence-electron chi connectivity index (χ2n) is 7.97. The molecule has 1 aliphatic carbocycles. The van der Waals surface area contributed by atoms with Gasteiger partial charge in [0.2, 0.25) is 0 Å². The monoisotopic (exact) mass is 597 g/mol. The Hall–Kier alpha value is -2.30. The number of hydrazine groups is 1. The summed E-state index contributed by atoms with van der Waals surface area (Å²) in [6.07, 6.45) is 0.902. The Bertz CT molecular complexity index is 1120. The largest absolute Gasteiger partial charge is 0.273 e. The number of hydrogen-bond donors (Lipinski definition) is 0. The number of rotatable bonds is 5. The summed E-state index contributed by atoms with van der Waals surface area (Å²) >= 11 is 13.4. The summed E-state index contributed by atoms with van der Waals surface area (Å²) in [5, 5.41) is 13.5. The first-order chi connectivity index (χ1) is 15.7. The molecule has 0 unspecified atom stereocenters. The van der Waals surface area contributed by atoms with Crippen LogP contribution in [0.25, 0.3) is 0 Å². The van der Waals surface area contributed by atoms with Gasteiger partial charge in [-0.05, 0) is 30.5 Å². The van der Waals surface area contributed by atoms with Crippen molar-refractivity contribution in [3.05, 3.63) is 74.8 Å². The predicted octanol–water partition coefficient (Wildman–Crippen LogP) is 4.73. The normalized spacial score (nSPS) is 24.5. The molecule has 1 saturated heterocycles. The SMILES string of the molecule is O=C(c1cccc([N+](=O)[O-])c1)N(Cc1ccccc1Cl)N1C(=O)[C@@H]2C[C@@H](Br)[C@@H](Br)C[C@H]2C1=O. The van der Waals surface area contributed by atoms with Crippen LogP contribution in [0.3, 0.4) is 0 Å². The highest BCUT2D eigenvalue weighted by Gasteiger charge is 2.54. The summed E-state index contributed by atoms with van der Waals surface area (Å²) in [6, 6.07) is 12.0. The average Bonchev–Trinajstić information content (AvgIpc) is 3.02. The molecule has 4 atom stereocenters. The average molecular weight is 600 g/mol. The summed E-state index contributed by atoms with van der Waals surface area (Å²) in [5.41, 5.74) is 0.254. The van der Waals surface area contributed by atoms with Gasteiger partial charge in [0.25, 0.3) is 23.4 Å². The molecule has 0 N–H and O–H groups in total. The first-order valence-corrected chi connectivity index (χ1v) is 12.4. The number of carbonyl (C=O) groups excluding carboxylic acids is 3. The number of non-ortho nitro benzene ring substituents is 1. The van der Waals surface area contributed by atoms with Crippen LogP contribution in [0.4, 0.5) is 5.69 Å². The minimum absolute atomic E-state index is 0.0107. The molecule has 0 aromatic heterocycles. The van der Waals surface area contributed by atoms with E-state index in [2.05, 4.69) is 31.9 Å². The van der Waals surface area contributed by atoms with Crippen molar-refractivity contribution >= 4 is 66.9 Å². The number of hydrogen-bond acceptors (Lipinski definition) is 5. The van der Waals surface area contributed by atoms with Gasteiger partial charge in [-0.2, -0.15) is 5.01 Å². The van der Waals surface area contributed by atoms with Crippen LogP contribution < -0.4 is 0 Å². The Kier molecular flexibility index (Phi) is 6.88. The van der Waals surface area contributed by atoms with Crippen molar-refractivity contribution in [1.29, 1.82) is 0 Å². The number of alkyl halides is 2. The molecule has 1 aliphatic heterocycles. The molecule has 0 bridgehead atoms. The van der Waals surface area contributed by atoms with E-state index in [1.165, 1.54) is 18.2 Å². The van der Waals surface area contributed by atoms with E-state index >= 15 is 0 Å². The maximum absolute atomic E-state index is 13.5. The molecule has 8 nitrogen and oxygen atoms in total. The van der Waals surface area contributed by atoms with E-state index in [-0.39, 0.29) is 27.4 Å². The smallest absolute Gasteiger partial charge is 0.272 e. The zero-order valence-corrected chi connectivity index (χ0v) is 21.0. The lowest BCUT2D eigenvalue weighted by Gasteiger charge is -2.31. The van der Waals surface area contributed by atoms with Crippen molar-refractivity contribution in [3.63, 3.8) is 0 Å². The number of halogens is 3.